The molecule has 0 saturated heterocycles. The average Bonchev–Trinajstić information content (AvgIpc) is 3.16. The third kappa shape index (κ3) is 6.24. The smallest absolute Gasteiger partial charge is 0.234 e. The van der Waals surface area contributed by atoms with Gasteiger partial charge in [0.2, 0.25) is 11.8 Å². The lowest BCUT2D eigenvalue weighted by Gasteiger charge is -2.09. The van der Waals surface area contributed by atoms with E-state index >= 15 is 0 Å². The SMILES string of the molecule is CCn1c(CC(=O)Nc2ccc(C)c(Cl)c2)nnc1SCC(=O)Nc1cccc(OC)c1. The number of hydrogen-bond acceptors (Lipinski definition) is 6. The summed E-state index contributed by atoms with van der Waals surface area (Å²) in [6, 6.07) is 12.5. The highest BCUT2D eigenvalue weighted by Gasteiger charge is 2.16. The molecule has 0 radical (unpaired) electrons. The van der Waals surface area contributed by atoms with Crippen LogP contribution in [-0.4, -0.2) is 39.4 Å². The van der Waals surface area contributed by atoms with E-state index < -0.39 is 0 Å². The molecule has 1 aromatic heterocycles. The van der Waals surface area contributed by atoms with Crippen molar-refractivity contribution >= 4 is 46.6 Å². The van der Waals surface area contributed by atoms with Crippen LogP contribution in [0.25, 0.3) is 0 Å². The molecule has 2 N–H and O–H groups in total. The lowest BCUT2D eigenvalue weighted by Crippen LogP contribution is -2.18. The standard InChI is InChI=1S/C22H24ClN5O3S/c1-4-28-19(12-20(29)24-16-9-8-14(2)18(23)11-16)26-27-22(28)32-13-21(30)25-15-6-5-7-17(10-15)31-3/h5-11H,4,12-13H2,1-3H3,(H,24,29)(H,25,30). The minimum Gasteiger partial charge on any atom is -0.497 e. The predicted molar refractivity (Wildman–Crippen MR) is 127 cm³/mol. The van der Waals surface area contributed by atoms with E-state index in [0.717, 1.165) is 5.56 Å². The number of carbonyl (C=O) groups excluding carboxylic acids is 2. The Morgan fingerprint density at radius 3 is 2.56 bits per heavy atom. The fourth-order valence-corrected chi connectivity index (χ4v) is 3.92. The van der Waals surface area contributed by atoms with Gasteiger partial charge in [-0.15, -0.1) is 10.2 Å². The van der Waals surface area contributed by atoms with Gasteiger partial charge in [-0.25, -0.2) is 0 Å². The summed E-state index contributed by atoms with van der Waals surface area (Å²) in [5.41, 5.74) is 2.21. The molecule has 32 heavy (non-hydrogen) atoms. The quantitative estimate of drug-likeness (QED) is 0.452. The fraction of sp³-hybridized carbons (Fsp3) is 0.273. The zero-order chi connectivity index (χ0) is 23.1. The van der Waals surface area contributed by atoms with Crippen molar-refractivity contribution in [3.8, 4) is 5.75 Å². The number of nitrogens with one attached hydrogen (secondary N) is 2. The summed E-state index contributed by atoms with van der Waals surface area (Å²) in [6.45, 7) is 4.41. The Bertz CT molecular complexity index is 1120. The van der Waals surface area contributed by atoms with E-state index in [1.165, 1.54) is 11.8 Å². The van der Waals surface area contributed by atoms with Crippen LogP contribution in [0.3, 0.4) is 0 Å². The van der Waals surface area contributed by atoms with Crippen molar-refractivity contribution in [2.45, 2.75) is 32.0 Å². The van der Waals surface area contributed by atoms with E-state index in [1.54, 1.807) is 43.5 Å². The molecule has 0 aliphatic carbocycles. The second-order valence-corrected chi connectivity index (χ2v) is 8.25. The van der Waals surface area contributed by atoms with Crippen molar-refractivity contribution < 1.29 is 14.3 Å². The van der Waals surface area contributed by atoms with Crippen molar-refractivity contribution in [2.75, 3.05) is 23.5 Å². The number of halogens is 1. The van der Waals surface area contributed by atoms with Crippen LogP contribution in [0, 0.1) is 6.92 Å². The summed E-state index contributed by atoms with van der Waals surface area (Å²) < 4.78 is 6.99. The van der Waals surface area contributed by atoms with Crippen LogP contribution in [-0.2, 0) is 22.6 Å². The first kappa shape index (κ1) is 23.6. The van der Waals surface area contributed by atoms with Gasteiger partial charge < -0.3 is 19.9 Å². The van der Waals surface area contributed by atoms with E-state index in [2.05, 4.69) is 20.8 Å². The Balaban J connectivity index is 1.58. The maximum absolute atomic E-state index is 12.5. The summed E-state index contributed by atoms with van der Waals surface area (Å²) in [4.78, 5) is 24.8. The summed E-state index contributed by atoms with van der Waals surface area (Å²) in [7, 11) is 1.57. The fourth-order valence-electron chi connectivity index (χ4n) is 2.92. The number of anilines is 2. The second-order valence-electron chi connectivity index (χ2n) is 6.90. The van der Waals surface area contributed by atoms with Crippen LogP contribution >= 0.6 is 23.4 Å². The molecule has 0 saturated carbocycles. The van der Waals surface area contributed by atoms with Gasteiger partial charge in [-0.05, 0) is 43.7 Å². The summed E-state index contributed by atoms with van der Waals surface area (Å²) in [5.74, 6) is 0.948. The van der Waals surface area contributed by atoms with E-state index in [0.29, 0.717) is 39.7 Å². The number of thioether (sulfide) groups is 1. The number of rotatable bonds is 9. The van der Waals surface area contributed by atoms with Gasteiger partial charge in [0.15, 0.2) is 5.16 Å². The van der Waals surface area contributed by atoms with E-state index in [9.17, 15) is 9.59 Å². The highest BCUT2D eigenvalue weighted by Crippen LogP contribution is 2.22. The number of nitrogens with zero attached hydrogens (tertiary/aromatic N) is 3. The predicted octanol–water partition coefficient (Wildman–Crippen LogP) is 4.18. The second kappa shape index (κ2) is 11.0. The zero-order valence-corrected chi connectivity index (χ0v) is 19.6. The monoisotopic (exact) mass is 473 g/mol. The number of amides is 2. The van der Waals surface area contributed by atoms with E-state index in [1.807, 2.05) is 24.5 Å². The van der Waals surface area contributed by atoms with Crippen molar-refractivity contribution in [1.82, 2.24) is 14.8 Å². The Morgan fingerprint density at radius 1 is 1.09 bits per heavy atom. The van der Waals surface area contributed by atoms with Crippen LogP contribution < -0.4 is 15.4 Å². The number of aryl methyl sites for hydroxylation is 1. The normalized spacial score (nSPS) is 10.6. The van der Waals surface area contributed by atoms with Crippen LogP contribution in [0.5, 0.6) is 5.75 Å². The molecule has 2 aromatic carbocycles. The highest BCUT2D eigenvalue weighted by atomic mass is 35.5. The first-order valence-electron chi connectivity index (χ1n) is 9.94. The Hall–Kier alpha value is -3.04. The van der Waals surface area contributed by atoms with E-state index in [4.69, 9.17) is 16.3 Å². The summed E-state index contributed by atoms with van der Waals surface area (Å²) in [6.07, 6.45) is 0.0584. The summed E-state index contributed by atoms with van der Waals surface area (Å²) in [5, 5.41) is 15.1. The maximum Gasteiger partial charge on any atom is 0.234 e. The number of methoxy groups -OCH3 is 1. The molecule has 8 nitrogen and oxygen atoms in total. The summed E-state index contributed by atoms with van der Waals surface area (Å²) >= 11 is 7.38. The molecule has 3 rings (SSSR count). The molecule has 0 bridgehead atoms. The first-order chi connectivity index (χ1) is 15.4. The molecule has 0 aliphatic heterocycles. The van der Waals surface area contributed by atoms with Crippen molar-refractivity contribution in [1.29, 1.82) is 0 Å². The Kier molecular flexibility index (Phi) is 8.13. The Morgan fingerprint density at radius 2 is 1.84 bits per heavy atom. The van der Waals surface area contributed by atoms with Crippen LogP contribution in [0.4, 0.5) is 11.4 Å². The van der Waals surface area contributed by atoms with Gasteiger partial charge >= 0.3 is 0 Å². The lowest BCUT2D eigenvalue weighted by molar-refractivity contribution is -0.116. The van der Waals surface area contributed by atoms with Crippen LogP contribution in [0.1, 0.15) is 18.3 Å². The van der Waals surface area contributed by atoms with Crippen molar-refractivity contribution in [3.63, 3.8) is 0 Å². The molecule has 0 fully saturated rings. The third-order valence-corrected chi connectivity index (χ3v) is 5.94. The maximum atomic E-state index is 12.5. The molecule has 2 amide bonds. The minimum atomic E-state index is -0.223. The van der Waals surface area contributed by atoms with Crippen LogP contribution in [0.15, 0.2) is 47.6 Å². The molecular weight excluding hydrogens is 450 g/mol. The molecule has 168 valence electrons. The van der Waals surface area contributed by atoms with Crippen molar-refractivity contribution in [2.24, 2.45) is 0 Å². The molecule has 0 unspecified atom stereocenters. The molecule has 0 aliphatic rings. The number of benzene rings is 2. The number of carbonyl (C=O) groups is 2. The molecule has 1 heterocycles. The first-order valence-corrected chi connectivity index (χ1v) is 11.3. The van der Waals surface area contributed by atoms with E-state index in [-0.39, 0.29) is 24.0 Å². The van der Waals surface area contributed by atoms with Crippen molar-refractivity contribution in [3.05, 3.63) is 58.9 Å². The van der Waals surface area contributed by atoms with Gasteiger partial charge in [-0.1, -0.05) is 35.5 Å². The minimum absolute atomic E-state index is 0.0584. The highest BCUT2D eigenvalue weighted by molar-refractivity contribution is 7.99. The lowest BCUT2D eigenvalue weighted by atomic mass is 10.2. The molecular formula is C22H24ClN5O3S. The van der Waals surface area contributed by atoms with Gasteiger partial charge in [0.1, 0.15) is 11.6 Å². The number of aromatic nitrogens is 3. The largest absolute Gasteiger partial charge is 0.497 e. The van der Waals surface area contributed by atoms with Gasteiger partial charge in [-0.3, -0.25) is 9.59 Å². The van der Waals surface area contributed by atoms with Crippen LogP contribution in [0.2, 0.25) is 5.02 Å². The zero-order valence-electron chi connectivity index (χ0n) is 18.0. The topological polar surface area (TPSA) is 98.1 Å². The average molecular weight is 474 g/mol. The Labute approximate surface area is 195 Å². The van der Waals surface area contributed by atoms with Gasteiger partial charge in [0.25, 0.3) is 0 Å². The molecule has 0 spiro atoms. The van der Waals surface area contributed by atoms with Gasteiger partial charge in [0, 0.05) is 29.0 Å². The molecule has 10 heteroatoms. The number of hydrogen-bond donors (Lipinski definition) is 2. The van der Waals surface area contributed by atoms with Gasteiger partial charge in [0.05, 0.1) is 19.3 Å². The molecule has 0 atom stereocenters. The third-order valence-electron chi connectivity index (χ3n) is 4.57. The molecule has 3 aromatic rings. The number of ether oxygens (including phenoxy) is 1. The van der Waals surface area contributed by atoms with Gasteiger partial charge in [-0.2, -0.15) is 0 Å².